The molecule has 0 aromatic heterocycles. The lowest BCUT2D eigenvalue weighted by molar-refractivity contribution is -0.143. The van der Waals surface area contributed by atoms with Crippen molar-refractivity contribution in [1.82, 2.24) is 15.1 Å². The number of rotatable bonds is 6. The number of alkyl halides is 6. The number of carbonyl (C=O) groups excluding carboxylic acids is 2. The normalized spacial score (nSPS) is 19.8. The van der Waals surface area contributed by atoms with Crippen molar-refractivity contribution >= 4 is 25.4 Å². The van der Waals surface area contributed by atoms with Crippen LogP contribution in [0, 0.1) is 18.2 Å². The lowest BCUT2D eigenvalue weighted by Gasteiger charge is -2.49. The monoisotopic (exact) mass is 663 g/mol. The summed E-state index contributed by atoms with van der Waals surface area (Å²) in [7, 11) is 1.31. The predicted molar refractivity (Wildman–Crippen MR) is 163 cm³/mol. The van der Waals surface area contributed by atoms with Gasteiger partial charge in [0, 0.05) is 24.5 Å². The maximum absolute atomic E-state index is 14.1. The van der Waals surface area contributed by atoms with E-state index in [1.165, 1.54) is 37.1 Å². The van der Waals surface area contributed by atoms with Crippen LogP contribution in [0.15, 0.2) is 49.1 Å². The van der Waals surface area contributed by atoms with Crippen molar-refractivity contribution in [2.45, 2.75) is 83.9 Å². The van der Waals surface area contributed by atoms with Crippen molar-refractivity contribution in [1.29, 1.82) is 0 Å². The molecule has 2 aromatic rings. The van der Waals surface area contributed by atoms with Crippen molar-refractivity contribution in [2.75, 3.05) is 13.6 Å². The van der Waals surface area contributed by atoms with Gasteiger partial charge in [-0.3, -0.25) is 4.79 Å². The second-order valence-corrected chi connectivity index (χ2v) is 12.6. The van der Waals surface area contributed by atoms with E-state index >= 15 is 0 Å². The maximum Gasteiger partial charge on any atom is 0.416 e. The first-order chi connectivity index (χ1) is 20.1. The van der Waals surface area contributed by atoms with Gasteiger partial charge < -0.3 is 15.1 Å². The van der Waals surface area contributed by atoms with Crippen LogP contribution < -0.4 is 5.32 Å². The molecule has 1 fully saturated rings. The van der Waals surface area contributed by atoms with E-state index in [-0.39, 0.29) is 44.0 Å². The Morgan fingerprint density at radius 2 is 1.62 bits per heavy atom. The molecule has 3 atom stereocenters. The minimum absolute atomic E-state index is 0. The third-order valence-corrected chi connectivity index (χ3v) is 8.20. The molecule has 1 saturated heterocycles. The van der Waals surface area contributed by atoms with Gasteiger partial charge in [-0.1, -0.05) is 32.9 Å². The molecule has 0 bridgehead atoms. The van der Waals surface area contributed by atoms with Gasteiger partial charge in [-0.15, -0.1) is 6.58 Å². The molecule has 0 aliphatic carbocycles. The maximum atomic E-state index is 14.1. The molecule has 0 radical (unpaired) electrons. The fourth-order valence-electron chi connectivity index (χ4n) is 5.46. The molecule has 5 nitrogen and oxygen atoms in total. The Balaban J connectivity index is 0.00000705. The summed E-state index contributed by atoms with van der Waals surface area (Å²) in [5.41, 5.74) is -3.70. The molecule has 1 heterocycles. The fraction of sp³-hybridized carbons (Fsp3) is 0.500. The second-order valence-electron chi connectivity index (χ2n) is 12.6. The first-order valence-electron chi connectivity index (χ1n) is 14.1. The SMILES string of the molecule is C=CC[C@]1(NC(=O)C(C)(C)C)CCN(C(=O)N(C)[C@H](C)c2cc(C(F)(F)F)cc(C(F)(F)F)c2)[C@@H](c2ccc(F)cc2C)C1.S. The first-order valence-corrected chi connectivity index (χ1v) is 14.1. The second kappa shape index (κ2) is 13.6. The molecule has 1 aliphatic rings. The van der Waals surface area contributed by atoms with Crippen LogP contribution in [0.1, 0.15) is 86.9 Å². The van der Waals surface area contributed by atoms with Gasteiger partial charge in [0.2, 0.25) is 5.91 Å². The summed E-state index contributed by atoms with van der Waals surface area (Å²) < 4.78 is 95.3. The largest absolute Gasteiger partial charge is 0.416 e. The minimum atomic E-state index is -5.04. The molecule has 45 heavy (non-hydrogen) atoms. The summed E-state index contributed by atoms with van der Waals surface area (Å²) >= 11 is 0. The van der Waals surface area contributed by atoms with Gasteiger partial charge in [0.05, 0.1) is 23.2 Å². The number of nitrogens with zero attached hydrogens (tertiary/aromatic N) is 2. The third-order valence-electron chi connectivity index (χ3n) is 8.20. The molecule has 3 amide bonds. The van der Waals surface area contributed by atoms with Crippen molar-refractivity contribution < 1.29 is 40.3 Å². The number of aryl methyl sites for hydroxylation is 1. The van der Waals surface area contributed by atoms with Crippen LogP contribution in [0.4, 0.5) is 35.5 Å². The number of amides is 3. The molecule has 1 aliphatic heterocycles. The Hall–Kier alpha value is -3.22. The van der Waals surface area contributed by atoms with Crippen LogP contribution in [-0.2, 0) is 17.1 Å². The minimum Gasteiger partial charge on any atom is -0.350 e. The number of hydrogen-bond acceptors (Lipinski definition) is 2. The molecule has 3 rings (SSSR count). The fourth-order valence-corrected chi connectivity index (χ4v) is 5.46. The average molecular weight is 664 g/mol. The summed E-state index contributed by atoms with van der Waals surface area (Å²) in [6, 6.07) is 2.82. The van der Waals surface area contributed by atoms with Crippen LogP contribution in [0.2, 0.25) is 0 Å². The molecule has 0 saturated carbocycles. The summed E-state index contributed by atoms with van der Waals surface area (Å²) in [6.45, 7) is 12.2. The number of halogens is 7. The van der Waals surface area contributed by atoms with Gasteiger partial charge in [0.15, 0.2) is 0 Å². The van der Waals surface area contributed by atoms with Crippen LogP contribution in [0.3, 0.4) is 0 Å². The smallest absolute Gasteiger partial charge is 0.350 e. The molecule has 0 unspecified atom stereocenters. The summed E-state index contributed by atoms with van der Waals surface area (Å²) in [6.07, 6.45) is -7.54. The Morgan fingerprint density at radius 3 is 2.09 bits per heavy atom. The van der Waals surface area contributed by atoms with E-state index in [9.17, 15) is 40.3 Å². The van der Waals surface area contributed by atoms with E-state index in [4.69, 9.17) is 0 Å². The molecule has 2 aromatic carbocycles. The van der Waals surface area contributed by atoms with Gasteiger partial charge in [-0.05, 0) is 80.1 Å². The Bertz CT molecular complexity index is 1370. The molecule has 0 spiro atoms. The number of nitrogens with one attached hydrogen (secondary N) is 1. The number of hydrogen-bond donors (Lipinski definition) is 1. The summed E-state index contributed by atoms with van der Waals surface area (Å²) in [4.78, 5) is 29.7. The van der Waals surface area contributed by atoms with Crippen molar-refractivity contribution in [3.63, 3.8) is 0 Å². The first kappa shape index (κ1) is 38.0. The lowest BCUT2D eigenvalue weighted by atomic mass is 9.77. The zero-order valence-electron chi connectivity index (χ0n) is 26.1. The molecular formula is C32H40F7N3O2S. The van der Waals surface area contributed by atoms with Crippen LogP contribution in [0.25, 0.3) is 0 Å². The number of urea groups is 1. The Labute approximate surface area is 266 Å². The van der Waals surface area contributed by atoms with Crippen LogP contribution >= 0.6 is 13.5 Å². The summed E-state index contributed by atoms with van der Waals surface area (Å²) in [5.74, 6) is -0.710. The third kappa shape index (κ3) is 8.74. The predicted octanol–water partition coefficient (Wildman–Crippen LogP) is 8.71. The van der Waals surface area contributed by atoms with Gasteiger partial charge in [0.1, 0.15) is 5.82 Å². The van der Waals surface area contributed by atoms with Crippen molar-refractivity contribution in [3.8, 4) is 0 Å². The van der Waals surface area contributed by atoms with E-state index in [0.29, 0.717) is 36.1 Å². The zero-order chi connectivity index (χ0) is 33.4. The topological polar surface area (TPSA) is 52.7 Å². The highest BCUT2D eigenvalue weighted by Crippen LogP contribution is 2.42. The molecular weight excluding hydrogens is 623 g/mol. The molecule has 1 N–H and O–H groups in total. The summed E-state index contributed by atoms with van der Waals surface area (Å²) in [5, 5.41) is 3.13. The van der Waals surface area contributed by atoms with Gasteiger partial charge in [0.25, 0.3) is 0 Å². The van der Waals surface area contributed by atoms with Gasteiger partial charge in [-0.25, -0.2) is 9.18 Å². The van der Waals surface area contributed by atoms with E-state index in [2.05, 4.69) is 11.9 Å². The lowest BCUT2D eigenvalue weighted by Crippen LogP contribution is -2.59. The average Bonchev–Trinajstić information content (AvgIpc) is 2.90. The molecule has 13 heteroatoms. The van der Waals surface area contributed by atoms with E-state index in [0.717, 1.165) is 4.90 Å². The highest BCUT2D eigenvalue weighted by Gasteiger charge is 2.45. The number of benzene rings is 2. The highest BCUT2D eigenvalue weighted by molar-refractivity contribution is 7.59. The quantitative estimate of drug-likeness (QED) is 0.248. The van der Waals surface area contributed by atoms with Crippen LogP contribution in [-0.4, -0.2) is 40.9 Å². The molecule has 250 valence electrons. The Kier molecular flexibility index (Phi) is 11.5. The van der Waals surface area contributed by atoms with Gasteiger partial charge in [-0.2, -0.15) is 39.8 Å². The highest BCUT2D eigenvalue weighted by atomic mass is 32.1. The number of carbonyl (C=O) groups is 2. The zero-order valence-corrected chi connectivity index (χ0v) is 27.1. The van der Waals surface area contributed by atoms with E-state index in [1.54, 1.807) is 33.8 Å². The van der Waals surface area contributed by atoms with E-state index < -0.39 is 58.4 Å². The van der Waals surface area contributed by atoms with Gasteiger partial charge >= 0.3 is 18.4 Å². The number of likely N-dealkylation sites (tertiary alicyclic amines) is 1. The standard InChI is InChI=1S/C32H38F7N3O2.H2S/c1-8-11-30(40-27(43)29(4,5)6)12-13-42(26(18-30)25-10-9-24(33)14-19(25)2)28(44)41(7)20(3)21-15-22(31(34,35)36)17-23(16-21)32(37,38)39;/h8-10,14-17,20,26H,1,11-13,18H2,2-7H3,(H,40,43);1H2/t20-,26-,30+;/m1./s1. The Morgan fingerprint density at radius 1 is 1.07 bits per heavy atom. The van der Waals surface area contributed by atoms with Crippen molar-refractivity contribution in [3.05, 3.63) is 82.7 Å². The van der Waals surface area contributed by atoms with E-state index in [1.807, 2.05) is 0 Å². The van der Waals surface area contributed by atoms with Crippen molar-refractivity contribution in [2.24, 2.45) is 5.41 Å². The van der Waals surface area contributed by atoms with Crippen LogP contribution in [0.5, 0.6) is 0 Å². The number of piperidine rings is 1.